The molecular weight excluding hydrogens is 254 g/mol. The maximum atomic E-state index is 12.5. The summed E-state index contributed by atoms with van der Waals surface area (Å²) in [6, 6.07) is 7.50. The highest BCUT2D eigenvalue weighted by Gasteiger charge is 2.21. The van der Waals surface area contributed by atoms with Gasteiger partial charge in [0.15, 0.2) is 0 Å². The van der Waals surface area contributed by atoms with Gasteiger partial charge in [-0.15, -0.1) is 0 Å². The number of para-hydroxylation sites is 2. The lowest BCUT2D eigenvalue weighted by Crippen LogP contribution is -2.37. The van der Waals surface area contributed by atoms with E-state index in [1.54, 1.807) is 11.2 Å². The molecule has 0 radical (unpaired) electrons. The van der Waals surface area contributed by atoms with E-state index in [2.05, 4.69) is 4.98 Å². The zero-order valence-electron chi connectivity index (χ0n) is 12.0. The summed E-state index contributed by atoms with van der Waals surface area (Å²) in [5.74, 6) is 0.0594. The molecule has 1 heterocycles. The summed E-state index contributed by atoms with van der Waals surface area (Å²) in [5, 5.41) is 8.90. The van der Waals surface area contributed by atoms with Gasteiger partial charge < -0.3 is 14.6 Å². The molecule has 5 nitrogen and oxygen atoms in total. The highest BCUT2D eigenvalue weighted by atomic mass is 16.3. The Morgan fingerprint density at radius 2 is 2.20 bits per heavy atom. The molecule has 0 fully saturated rings. The Morgan fingerprint density at radius 3 is 2.90 bits per heavy atom. The number of nitrogens with zero attached hydrogens (tertiary/aromatic N) is 3. The lowest BCUT2D eigenvalue weighted by atomic mass is 10.2. The number of carbonyl (C=O) groups excluding carboxylic acids is 1. The van der Waals surface area contributed by atoms with Crippen molar-refractivity contribution in [3.8, 4) is 0 Å². The molecule has 2 aromatic rings. The fourth-order valence-corrected chi connectivity index (χ4v) is 2.36. The van der Waals surface area contributed by atoms with E-state index in [4.69, 9.17) is 5.11 Å². The van der Waals surface area contributed by atoms with E-state index in [1.807, 2.05) is 42.7 Å². The van der Waals surface area contributed by atoms with E-state index in [0.29, 0.717) is 19.5 Å². The highest BCUT2D eigenvalue weighted by Crippen LogP contribution is 2.19. The van der Waals surface area contributed by atoms with Crippen LogP contribution < -0.4 is 0 Å². The van der Waals surface area contributed by atoms with E-state index in [9.17, 15) is 4.79 Å². The zero-order chi connectivity index (χ0) is 14.5. The lowest BCUT2D eigenvalue weighted by molar-refractivity contribution is -0.134. The SMILES string of the molecule is CCN(CCCO)C(=O)C(C)n1cnc2ccccc21. The first kappa shape index (κ1) is 14.5. The molecular formula is C15H21N3O2. The van der Waals surface area contributed by atoms with Crippen LogP contribution in [0.25, 0.3) is 11.0 Å². The summed E-state index contributed by atoms with van der Waals surface area (Å²) in [4.78, 5) is 18.6. The quantitative estimate of drug-likeness (QED) is 0.875. The third kappa shape index (κ3) is 2.82. The Balaban J connectivity index is 2.21. The summed E-state index contributed by atoms with van der Waals surface area (Å²) in [5.41, 5.74) is 1.86. The van der Waals surface area contributed by atoms with E-state index in [1.165, 1.54) is 0 Å². The average Bonchev–Trinajstić information content (AvgIpc) is 2.91. The molecule has 1 aromatic carbocycles. The predicted octanol–water partition coefficient (Wildman–Crippen LogP) is 1.83. The van der Waals surface area contributed by atoms with Crippen molar-refractivity contribution < 1.29 is 9.90 Å². The summed E-state index contributed by atoms with van der Waals surface area (Å²) in [6.45, 7) is 5.18. The maximum Gasteiger partial charge on any atom is 0.245 e. The van der Waals surface area contributed by atoms with E-state index < -0.39 is 0 Å². The zero-order valence-corrected chi connectivity index (χ0v) is 12.0. The molecule has 0 saturated carbocycles. The van der Waals surface area contributed by atoms with Gasteiger partial charge in [0.2, 0.25) is 5.91 Å². The molecule has 1 atom stereocenters. The highest BCUT2D eigenvalue weighted by molar-refractivity contribution is 5.83. The molecule has 1 N–H and O–H groups in total. The fraction of sp³-hybridized carbons (Fsp3) is 0.467. The van der Waals surface area contributed by atoms with Crippen molar-refractivity contribution in [1.82, 2.24) is 14.5 Å². The largest absolute Gasteiger partial charge is 0.396 e. The molecule has 1 unspecified atom stereocenters. The minimum atomic E-state index is -0.291. The average molecular weight is 275 g/mol. The Kier molecular flexibility index (Phi) is 4.74. The van der Waals surface area contributed by atoms with Crippen molar-refractivity contribution in [1.29, 1.82) is 0 Å². The summed E-state index contributed by atoms with van der Waals surface area (Å²) in [6.07, 6.45) is 2.32. The molecule has 0 aliphatic heterocycles. The van der Waals surface area contributed by atoms with Crippen LogP contribution in [-0.2, 0) is 4.79 Å². The van der Waals surface area contributed by atoms with Gasteiger partial charge in [-0.05, 0) is 32.4 Å². The molecule has 2 rings (SSSR count). The van der Waals surface area contributed by atoms with Gasteiger partial charge in [-0.25, -0.2) is 4.98 Å². The van der Waals surface area contributed by atoms with E-state index >= 15 is 0 Å². The number of hydrogen-bond donors (Lipinski definition) is 1. The monoisotopic (exact) mass is 275 g/mol. The van der Waals surface area contributed by atoms with Crippen molar-refractivity contribution in [3.63, 3.8) is 0 Å². The van der Waals surface area contributed by atoms with Crippen LogP contribution in [0.5, 0.6) is 0 Å². The van der Waals surface area contributed by atoms with Gasteiger partial charge in [-0.1, -0.05) is 12.1 Å². The van der Waals surface area contributed by atoms with Crippen LogP contribution in [0.2, 0.25) is 0 Å². The van der Waals surface area contributed by atoms with Crippen LogP contribution in [0, 0.1) is 0 Å². The number of amides is 1. The Hall–Kier alpha value is -1.88. The Labute approximate surface area is 118 Å². The summed E-state index contributed by atoms with van der Waals surface area (Å²) in [7, 11) is 0. The second kappa shape index (κ2) is 6.52. The minimum Gasteiger partial charge on any atom is -0.396 e. The molecule has 108 valence electrons. The number of carbonyl (C=O) groups is 1. The molecule has 1 aromatic heterocycles. The molecule has 1 amide bonds. The van der Waals surface area contributed by atoms with Crippen LogP contribution in [0.1, 0.15) is 26.3 Å². The Morgan fingerprint density at radius 1 is 1.45 bits per heavy atom. The van der Waals surface area contributed by atoms with Crippen molar-refractivity contribution in [2.24, 2.45) is 0 Å². The van der Waals surface area contributed by atoms with Gasteiger partial charge >= 0.3 is 0 Å². The summed E-state index contributed by atoms with van der Waals surface area (Å²) < 4.78 is 1.90. The van der Waals surface area contributed by atoms with Crippen LogP contribution in [0.15, 0.2) is 30.6 Å². The normalized spacial score (nSPS) is 12.6. The third-order valence-corrected chi connectivity index (χ3v) is 3.54. The first-order valence-electron chi connectivity index (χ1n) is 7.00. The standard InChI is InChI=1S/C15H21N3O2/c1-3-17(9-6-10-19)15(20)12(2)18-11-16-13-7-4-5-8-14(13)18/h4-5,7-8,11-12,19H,3,6,9-10H2,1-2H3. The van der Waals surface area contributed by atoms with Crippen molar-refractivity contribution in [3.05, 3.63) is 30.6 Å². The first-order chi connectivity index (χ1) is 9.69. The van der Waals surface area contributed by atoms with Gasteiger partial charge in [0.05, 0.1) is 17.4 Å². The molecule has 0 aliphatic rings. The topological polar surface area (TPSA) is 58.4 Å². The second-order valence-corrected chi connectivity index (χ2v) is 4.81. The number of fused-ring (bicyclic) bond motifs is 1. The van der Waals surface area contributed by atoms with Gasteiger partial charge in [-0.3, -0.25) is 4.79 Å². The lowest BCUT2D eigenvalue weighted by Gasteiger charge is -2.25. The molecule has 0 aliphatic carbocycles. The minimum absolute atomic E-state index is 0.0594. The first-order valence-corrected chi connectivity index (χ1v) is 7.00. The second-order valence-electron chi connectivity index (χ2n) is 4.81. The number of aromatic nitrogens is 2. The van der Waals surface area contributed by atoms with Crippen LogP contribution >= 0.6 is 0 Å². The third-order valence-electron chi connectivity index (χ3n) is 3.54. The van der Waals surface area contributed by atoms with Crippen LogP contribution in [-0.4, -0.2) is 45.2 Å². The number of likely N-dealkylation sites (N-methyl/N-ethyl adjacent to an activating group) is 1. The molecule has 0 spiro atoms. The summed E-state index contributed by atoms with van der Waals surface area (Å²) >= 11 is 0. The van der Waals surface area contributed by atoms with Gasteiger partial charge in [0.25, 0.3) is 0 Å². The molecule has 5 heteroatoms. The van der Waals surface area contributed by atoms with Crippen molar-refractivity contribution in [2.75, 3.05) is 19.7 Å². The number of hydrogen-bond acceptors (Lipinski definition) is 3. The number of imidazole rings is 1. The maximum absolute atomic E-state index is 12.5. The van der Waals surface area contributed by atoms with Crippen LogP contribution in [0.3, 0.4) is 0 Å². The predicted molar refractivity (Wildman–Crippen MR) is 78.4 cm³/mol. The molecule has 0 saturated heterocycles. The Bertz CT molecular complexity index is 579. The van der Waals surface area contributed by atoms with Crippen molar-refractivity contribution >= 4 is 16.9 Å². The number of benzene rings is 1. The fourth-order valence-electron chi connectivity index (χ4n) is 2.36. The smallest absolute Gasteiger partial charge is 0.245 e. The van der Waals surface area contributed by atoms with E-state index in [0.717, 1.165) is 11.0 Å². The molecule has 0 bridgehead atoms. The van der Waals surface area contributed by atoms with E-state index in [-0.39, 0.29) is 18.6 Å². The number of aliphatic hydroxyl groups excluding tert-OH is 1. The number of aliphatic hydroxyl groups is 1. The van der Waals surface area contributed by atoms with Gasteiger partial charge in [0.1, 0.15) is 6.04 Å². The van der Waals surface area contributed by atoms with Crippen LogP contribution in [0.4, 0.5) is 0 Å². The van der Waals surface area contributed by atoms with Gasteiger partial charge in [0, 0.05) is 19.7 Å². The molecule has 20 heavy (non-hydrogen) atoms. The van der Waals surface area contributed by atoms with Gasteiger partial charge in [-0.2, -0.15) is 0 Å². The number of rotatable bonds is 6. The van der Waals surface area contributed by atoms with Crippen molar-refractivity contribution in [2.45, 2.75) is 26.3 Å².